The summed E-state index contributed by atoms with van der Waals surface area (Å²) in [6, 6.07) is 9.34. The highest BCUT2D eigenvalue weighted by Gasteiger charge is 1.93. The van der Waals surface area contributed by atoms with E-state index in [4.69, 9.17) is 4.74 Å². The van der Waals surface area contributed by atoms with Crippen LogP contribution in [0.15, 0.2) is 42.5 Å². The van der Waals surface area contributed by atoms with E-state index in [0.29, 0.717) is 0 Å². The molecule has 0 unspecified atom stereocenters. The van der Waals surface area contributed by atoms with Gasteiger partial charge in [-0.05, 0) is 18.6 Å². The predicted molar refractivity (Wildman–Crippen MR) is 63.7 cm³/mol. The summed E-state index contributed by atoms with van der Waals surface area (Å²) < 4.78 is 4.87. The molecule has 0 N–H and O–H groups in total. The average molecular weight is 214 g/mol. The molecule has 0 fully saturated rings. The molecule has 82 valence electrons. The maximum atomic E-state index is 11.1. The fraction of sp³-hybridized carbons (Fsp3) is 0.214. The van der Waals surface area contributed by atoms with Crippen LogP contribution in [0, 0.1) is 11.8 Å². The van der Waals surface area contributed by atoms with Crippen LogP contribution >= 0.6 is 0 Å². The molecule has 0 amide bonds. The lowest BCUT2D eigenvalue weighted by Crippen LogP contribution is -2.00. The van der Waals surface area contributed by atoms with Gasteiger partial charge in [0.15, 0.2) is 0 Å². The Labute approximate surface area is 95.9 Å². The minimum atomic E-state index is -0.496. The second-order valence-electron chi connectivity index (χ2n) is 3.09. The molecule has 0 aromatic heterocycles. The molecule has 0 aliphatic rings. The van der Waals surface area contributed by atoms with Crippen molar-refractivity contribution in [2.24, 2.45) is 0 Å². The zero-order valence-electron chi connectivity index (χ0n) is 9.27. The number of hydrogen-bond donors (Lipinski definition) is 0. The van der Waals surface area contributed by atoms with E-state index >= 15 is 0 Å². The molecular weight excluding hydrogens is 200 g/mol. The van der Waals surface area contributed by atoms with Crippen molar-refractivity contribution in [2.75, 3.05) is 6.61 Å². The molecule has 0 saturated carbocycles. The van der Waals surface area contributed by atoms with Crippen molar-refractivity contribution in [3.63, 3.8) is 0 Å². The van der Waals surface area contributed by atoms with E-state index in [0.717, 1.165) is 12.0 Å². The van der Waals surface area contributed by atoms with Crippen molar-refractivity contribution in [3.8, 4) is 11.8 Å². The number of benzene rings is 1. The quantitative estimate of drug-likeness (QED) is 0.439. The van der Waals surface area contributed by atoms with Crippen LogP contribution in [-0.2, 0) is 9.53 Å². The van der Waals surface area contributed by atoms with Gasteiger partial charge in [0.2, 0.25) is 0 Å². The Morgan fingerprint density at radius 3 is 2.75 bits per heavy atom. The summed E-state index contributed by atoms with van der Waals surface area (Å²) in [6.45, 7) is 2.31. The monoisotopic (exact) mass is 214 g/mol. The van der Waals surface area contributed by atoms with Crippen LogP contribution < -0.4 is 0 Å². The molecular formula is C14H14O2. The van der Waals surface area contributed by atoms with Gasteiger partial charge in [0.05, 0.1) is 0 Å². The first-order valence-electron chi connectivity index (χ1n) is 5.21. The van der Waals surface area contributed by atoms with Crippen LogP contribution in [0.1, 0.15) is 18.9 Å². The van der Waals surface area contributed by atoms with E-state index in [9.17, 15) is 4.79 Å². The van der Waals surface area contributed by atoms with Crippen LogP contribution in [0.5, 0.6) is 0 Å². The van der Waals surface area contributed by atoms with Gasteiger partial charge in [0.25, 0.3) is 0 Å². The highest BCUT2D eigenvalue weighted by molar-refractivity contribution is 5.89. The number of allylic oxidation sites excluding steroid dienone is 1. The summed E-state index contributed by atoms with van der Waals surface area (Å²) in [7, 11) is 0. The number of ether oxygens (including phenoxy) is 1. The minimum Gasteiger partial charge on any atom is -0.452 e. The maximum Gasteiger partial charge on any atom is 0.385 e. The summed E-state index contributed by atoms with van der Waals surface area (Å²) in [6.07, 6.45) is 4.69. The molecule has 0 atom stereocenters. The molecule has 16 heavy (non-hydrogen) atoms. The Bertz CT molecular complexity index is 407. The van der Waals surface area contributed by atoms with E-state index in [1.807, 2.05) is 49.4 Å². The molecule has 0 radical (unpaired) electrons. The Morgan fingerprint density at radius 2 is 2.06 bits per heavy atom. The molecule has 1 aromatic rings. The van der Waals surface area contributed by atoms with Gasteiger partial charge in [0.1, 0.15) is 6.61 Å². The van der Waals surface area contributed by atoms with Crippen LogP contribution in [0.25, 0.3) is 0 Å². The molecule has 0 aliphatic heterocycles. The number of rotatable bonds is 3. The van der Waals surface area contributed by atoms with Crippen molar-refractivity contribution in [3.05, 3.63) is 48.0 Å². The van der Waals surface area contributed by atoms with Crippen molar-refractivity contribution >= 4 is 5.97 Å². The third-order valence-corrected chi connectivity index (χ3v) is 1.80. The molecule has 1 rings (SSSR count). The first-order valence-corrected chi connectivity index (χ1v) is 5.21. The second kappa shape index (κ2) is 7.30. The summed E-state index contributed by atoms with van der Waals surface area (Å²) >= 11 is 0. The number of hydrogen-bond acceptors (Lipinski definition) is 2. The zero-order valence-corrected chi connectivity index (χ0v) is 9.27. The molecule has 0 spiro atoms. The van der Waals surface area contributed by atoms with Gasteiger partial charge in [-0.15, -0.1) is 0 Å². The fourth-order valence-electron chi connectivity index (χ4n) is 1.04. The lowest BCUT2D eigenvalue weighted by Gasteiger charge is -1.93. The summed E-state index contributed by atoms with van der Waals surface area (Å²) in [5.74, 6) is 4.67. The van der Waals surface area contributed by atoms with E-state index < -0.39 is 5.97 Å². The van der Waals surface area contributed by atoms with Crippen molar-refractivity contribution in [1.29, 1.82) is 0 Å². The normalized spacial score (nSPS) is 9.56. The third kappa shape index (κ3) is 5.02. The number of carbonyl (C=O) groups excluding carboxylic acids is 1. The molecule has 0 aliphatic carbocycles. The summed E-state index contributed by atoms with van der Waals surface area (Å²) in [5, 5.41) is 0. The van der Waals surface area contributed by atoms with Crippen LogP contribution in [0.3, 0.4) is 0 Å². The molecule has 0 heterocycles. The van der Waals surface area contributed by atoms with E-state index in [1.165, 1.54) is 0 Å². The molecule has 1 aromatic carbocycles. The van der Waals surface area contributed by atoms with E-state index in [-0.39, 0.29) is 6.61 Å². The highest BCUT2D eigenvalue weighted by Crippen LogP contribution is 1.94. The number of esters is 1. The minimum absolute atomic E-state index is 0.288. The van der Waals surface area contributed by atoms with Crippen LogP contribution in [-0.4, -0.2) is 12.6 Å². The Morgan fingerprint density at radius 1 is 1.31 bits per heavy atom. The Kier molecular flexibility index (Phi) is 5.51. The van der Waals surface area contributed by atoms with Gasteiger partial charge >= 0.3 is 5.97 Å². The van der Waals surface area contributed by atoms with Crippen molar-refractivity contribution in [2.45, 2.75) is 13.3 Å². The lowest BCUT2D eigenvalue weighted by molar-refractivity contribution is -0.135. The van der Waals surface area contributed by atoms with Crippen molar-refractivity contribution < 1.29 is 9.53 Å². The smallest absolute Gasteiger partial charge is 0.385 e. The van der Waals surface area contributed by atoms with E-state index in [1.54, 1.807) is 0 Å². The molecule has 0 bridgehead atoms. The van der Waals surface area contributed by atoms with Gasteiger partial charge in [-0.2, -0.15) is 0 Å². The van der Waals surface area contributed by atoms with Gasteiger partial charge in [-0.25, -0.2) is 4.79 Å². The Balaban J connectivity index is 2.40. The van der Waals surface area contributed by atoms with Gasteiger partial charge < -0.3 is 4.74 Å². The van der Waals surface area contributed by atoms with Crippen LogP contribution in [0.4, 0.5) is 0 Å². The highest BCUT2D eigenvalue weighted by atomic mass is 16.5. The summed E-state index contributed by atoms with van der Waals surface area (Å²) in [5.41, 5.74) is 0.809. The van der Waals surface area contributed by atoms with Gasteiger partial charge in [-0.3, -0.25) is 0 Å². The second-order valence-corrected chi connectivity index (χ2v) is 3.09. The van der Waals surface area contributed by atoms with Gasteiger partial charge in [-0.1, -0.05) is 43.2 Å². The van der Waals surface area contributed by atoms with Crippen LogP contribution in [0.2, 0.25) is 0 Å². The lowest BCUT2D eigenvalue weighted by atomic mass is 10.2. The third-order valence-electron chi connectivity index (χ3n) is 1.80. The predicted octanol–water partition coefficient (Wildman–Crippen LogP) is 2.55. The molecule has 2 heteroatoms. The fourth-order valence-corrected chi connectivity index (χ4v) is 1.04. The van der Waals surface area contributed by atoms with E-state index in [2.05, 4.69) is 11.8 Å². The van der Waals surface area contributed by atoms with Gasteiger partial charge in [0, 0.05) is 11.5 Å². The number of carbonyl (C=O) groups is 1. The van der Waals surface area contributed by atoms with Crippen molar-refractivity contribution in [1.82, 2.24) is 0 Å². The standard InChI is InChI=1S/C14H14O2/c1-2-3-7-12-16-14(15)11-10-13-8-5-4-6-9-13/h3-9H,2,12H2,1H3/b7-3-. The summed E-state index contributed by atoms with van der Waals surface area (Å²) in [4.78, 5) is 11.1. The topological polar surface area (TPSA) is 26.3 Å². The maximum absolute atomic E-state index is 11.1. The zero-order chi connectivity index (χ0) is 11.6. The largest absolute Gasteiger partial charge is 0.452 e. The first-order chi connectivity index (χ1) is 7.83. The average Bonchev–Trinajstić information content (AvgIpc) is 2.33. The first kappa shape index (κ1) is 12.1. The SMILES string of the molecule is CC/C=C\COC(=O)C#Cc1ccccc1. The molecule has 0 saturated heterocycles. The molecule has 2 nitrogen and oxygen atoms in total. The Hall–Kier alpha value is -2.01.